The smallest absolute Gasteiger partial charge is 0.232 e. The van der Waals surface area contributed by atoms with Crippen LogP contribution in [0.25, 0.3) is 11.8 Å². The summed E-state index contributed by atoms with van der Waals surface area (Å²) in [4.78, 5) is 0. The zero-order chi connectivity index (χ0) is 16.7. The van der Waals surface area contributed by atoms with E-state index >= 15 is 0 Å². The highest BCUT2D eigenvalue weighted by Crippen LogP contribution is 2.25. The van der Waals surface area contributed by atoms with Gasteiger partial charge in [0.25, 0.3) is 0 Å². The first-order valence-electron chi connectivity index (χ1n) is 7.82. The molecule has 0 bridgehead atoms. The first kappa shape index (κ1) is 17.3. The van der Waals surface area contributed by atoms with Crippen molar-refractivity contribution in [2.75, 3.05) is 12.8 Å². The van der Waals surface area contributed by atoms with E-state index in [2.05, 4.69) is 6.92 Å². The Morgan fingerprint density at radius 3 is 2.09 bits per heavy atom. The number of benzene rings is 2. The maximum atomic E-state index is 12.3. The molecule has 4 heteroatoms. The molecule has 122 valence electrons. The lowest BCUT2D eigenvalue weighted by molar-refractivity contribution is 0.505. The zero-order valence-corrected chi connectivity index (χ0v) is 14.5. The molecule has 0 aliphatic heterocycles. The summed E-state index contributed by atoms with van der Waals surface area (Å²) in [6.45, 7) is 2.55. The molecule has 0 atom stereocenters. The van der Waals surface area contributed by atoms with Crippen molar-refractivity contribution in [3.8, 4) is 0 Å². The van der Waals surface area contributed by atoms with Crippen LogP contribution in [0.2, 0.25) is 0 Å². The number of nitrogens with zero attached hydrogens (tertiary/aromatic N) is 1. The van der Waals surface area contributed by atoms with E-state index in [1.54, 1.807) is 0 Å². The molecular weight excluding hydrogens is 306 g/mol. The SMILES string of the molecule is CCCCN(/C(=C/c1ccccc1)c1ccccc1)S(C)(=O)=O. The third kappa shape index (κ3) is 4.96. The molecule has 0 heterocycles. The molecule has 0 aliphatic rings. The Morgan fingerprint density at radius 2 is 1.57 bits per heavy atom. The highest BCUT2D eigenvalue weighted by molar-refractivity contribution is 7.88. The van der Waals surface area contributed by atoms with Gasteiger partial charge in [-0.1, -0.05) is 74.0 Å². The summed E-state index contributed by atoms with van der Waals surface area (Å²) in [5.41, 5.74) is 2.60. The van der Waals surface area contributed by atoms with E-state index < -0.39 is 10.0 Å². The summed E-state index contributed by atoms with van der Waals surface area (Å²) in [6.07, 6.45) is 4.97. The third-order valence-corrected chi connectivity index (χ3v) is 4.74. The second-order valence-corrected chi connectivity index (χ2v) is 7.40. The standard InChI is InChI=1S/C19H23NO2S/c1-3-4-15-20(23(2,21)22)19(18-13-9-6-10-14-18)16-17-11-7-5-8-12-17/h5-14,16H,3-4,15H2,1-2H3/b19-16+. The molecule has 2 rings (SSSR count). The predicted molar refractivity (Wildman–Crippen MR) is 97.2 cm³/mol. The minimum absolute atomic E-state index is 0.489. The van der Waals surface area contributed by atoms with Gasteiger partial charge < -0.3 is 0 Å². The van der Waals surface area contributed by atoms with E-state index in [1.165, 1.54) is 10.6 Å². The van der Waals surface area contributed by atoms with Crippen LogP contribution in [-0.4, -0.2) is 25.5 Å². The highest BCUT2D eigenvalue weighted by Gasteiger charge is 2.20. The maximum absolute atomic E-state index is 12.3. The lowest BCUT2D eigenvalue weighted by Gasteiger charge is -2.25. The van der Waals surface area contributed by atoms with Crippen molar-refractivity contribution in [2.45, 2.75) is 19.8 Å². The van der Waals surface area contributed by atoms with Crippen molar-refractivity contribution in [1.82, 2.24) is 4.31 Å². The van der Waals surface area contributed by atoms with Crippen molar-refractivity contribution in [1.29, 1.82) is 0 Å². The summed E-state index contributed by atoms with van der Waals surface area (Å²) in [5.74, 6) is 0. The van der Waals surface area contributed by atoms with Gasteiger partial charge in [0.15, 0.2) is 0 Å². The Labute approximate surface area is 139 Å². The molecule has 0 spiro atoms. The van der Waals surface area contributed by atoms with Crippen LogP contribution in [-0.2, 0) is 10.0 Å². The topological polar surface area (TPSA) is 37.4 Å². The van der Waals surface area contributed by atoms with Gasteiger partial charge in [0.1, 0.15) is 0 Å². The lowest BCUT2D eigenvalue weighted by atomic mass is 10.1. The van der Waals surface area contributed by atoms with Gasteiger partial charge in [-0.05, 0) is 23.6 Å². The molecule has 0 radical (unpaired) electrons. The first-order valence-corrected chi connectivity index (χ1v) is 9.67. The second kappa shape index (κ2) is 7.97. The Kier molecular flexibility index (Phi) is 5.99. The van der Waals surface area contributed by atoms with Crippen LogP contribution >= 0.6 is 0 Å². The Morgan fingerprint density at radius 1 is 1.00 bits per heavy atom. The van der Waals surface area contributed by atoms with Gasteiger partial charge in [-0.2, -0.15) is 0 Å². The monoisotopic (exact) mass is 329 g/mol. The molecular formula is C19H23NO2S. The molecule has 0 aliphatic carbocycles. The number of rotatable bonds is 7. The van der Waals surface area contributed by atoms with Gasteiger partial charge in [0.2, 0.25) is 10.0 Å². The summed E-state index contributed by atoms with van der Waals surface area (Å²) in [5, 5.41) is 0. The molecule has 0 amide bonds. The van der Waals surface area contributed by atoms with Crippen LogP contribution < -0.4 is 0 Å². The van der Waals surface area contributed by atoms with Crippen molar-refractivity contribution in [3.05, 3.63) is 71.8 Å². The predicted octanol–water partition coefficient (Wildman–Crippen LogP) is 4.25. The first-order chi connectivity index (χ1) is 11.0. The van der Waals surface area contributed by atoms with Crippen LogP contribution in [0.3, 0.4) is 0 Å². The quantitative estimate of drug-likeness (QED) is 0.712. The Bertz CT molecular complexity index is 737. The molecule has 2 aromatic carbocycles. The minimum Gasteiger partial charge on any atom is -0.270 e. The molecule has 0 saturated carbocycles. The van der Waals surface area contributed by atoms with Gasteiger partial charge in [-0.15, -0.1) is 0 Å². The fourth-order valence-electron chi connectivity index (χ4n) is 2.38. The number of unbranched alkanes of at least 4 members (excludes halogenated alkanes) is 1. The Hall–Kier alpha value is -2.07. The normalized spacial score (nSPS) is 12.2. The molecule has 0 fully saturated rings. The molecule has 23 heavy (non-hydrogen) atoms. The molecule has 0 saturated heterocycles. The highest BCUT2D eigenvalue weighted by atomic mass is 32.2. The van der Waals surface area contributed by atoms with Gasteiger partial charge in [-0.25, -0.2) is 8.42 Å². The second-order valence-electron chi connectivity index (χ2n) is 5.49. The van der Waals surface area contributed by atoms with Crippen LogP contribution in [0.5, 0.6) is 0 Å². The molecule has 0 unspecified atom stereocenters. The van der Waals surface area contributed by atoms with Crippen molar-refractivity contribution in [2.24, 2.45) is 0 Å². The summed E-state index contributed by atoms with van der Waals surface area (Å²) >= 11 is 0. The van der Waals surface area contributed by atoms with Gasteiger partial charge in [0.05, 0.1) is 12.0 Å². The van der Waals surface area contributed by atoms with E-state index in [-0.39, 0.29) is 0 Å². The third-order valence-electron chi connectivity index (χ3n) is 3.56. The summed E-state index contributed by atoms with van der Waals surface area (Å²) < 4.78 is 26.2. The van der Waals surface area contributed by atoms with Crippen LogP contribution in [0, 0.1) is 0 Å². The lowest BCUT2D eigenvalue weighted by Crippen LogP contribution is -2.29. The van der Waals surface area contributed by atoms with Crippen LogP contribution in [0.1, 0.15) is 30.9 Å². The minimum atomic E-state index is -3.34. The Balaban J connectivity index is 2.54. The van der Waals surface area contributed by atoms with E-state index in [0.717, 1.165) is 24.0 Å². The van der Waals surface area contributed by atoms with Crippen molar-refractivity contribution >= 4 is 21.8 Å². The average Bonchev–Trinajstić information content (AvgIpc) is 2.55. The van der Waals surface area contributed by atoms with Gasteiger partial charge >= 0.3 is 0 Å². The van der Waals surface area contributed by atoms with E-state index in [9.17, 15) is 8.42 Å². The maximum Gasteiger partial charge on any atom is 0.232 e. The summed E-state index contributed by atoms with van der Waals surface area (Å²) in [6, 6.07) is 19.5. The van der Waals surface area contributed by atoms with E-state index in [0.29, 0.717) is 12.2 Å². The number of sulfonamides is 1. The van der Waals surface area contributed by atoms with E-state index in [4.69, 9.17) is 0 Å². The molecule has 2 aromatic rings. The number of hydrogen-bond acceptors (Lipinski definition) is 2. The fraction of sp³-hybridized carbons (Fsp3) is 0.263. The molecule has 0 N–H and O–H groups in total. The fourth-order valence-corrected chi connectivity index (χ4v) is 3.36. The van der Waals surface area contributed by atoms with Gasteiger partial charge in [0, 0.05) is 6.54 Å². The van der Waals surface area contributed by atoms with Crippen LogP contribution in [0.15, 0.2) is 60.7 Å². The van der Waals surface area contributed by atoms with Gasteiger partial charge in [-0.3, -0.25) is 4.31 Å². The van der Waals surface area contributed by atoms with Crippen molar-refractivity contribution in [3.63, 3.8) is 0 Å². The van der Waals surface area contributed by atoms with Crippen molar-refractivity contribution < 1.29 is 8.42 Å². The molecule has 0 aromatic heterocycles. The largest absolute Gasteiger partial charge is 0.270 e. The summed E-state index contributed by atoms with van der Waals surface area (Å²) in [7, 11) is -3.34. The zero-order valence-electron chi connectivity index (χ0n) is 13.6. The van der Waals surface area contributed by atoms with Crippen LogP contribution in [0.4, 0.5) is 0 Å². The molecule has 3 nitrogen and oxygen atoms in total. The number of hydrogen-bond donors (Lipinski definition) is 0. The average molecular weight is 329 g/mol. The van der Waals surface area contributed by atoms with E-state index in [1.807, 2.05) is 66.7 Å².